The van der Waals surface area contributed by atoms with Crippen LogP contribution in [0.15, 0.2) is 206 Å². The van der Waals surface area contributed by atoms with Crippen molar-refractivity contribution in [3.63, 3.8) is 0 Å². The zero-order chi connectivity index (χ0) is 37.7. The minimum absolute atomic E-state index is 0.638. The van der Waals surface area contributed by atoms with E-state index >= 15 is 0 Å². The maximum atomic E-state index is 5.06. The summed E-state index contributed by atoms with van der Waals surface area (Å²) in [6.45, 7) is 0. The van der Waals surface area contributed by atoms with Crippen molar-refractivity contribution in [3.05, 3.63) is 206 Å². The third-order valence-electron chi connectivity index (χ3n) is 11.0. The van der Waals surface area contributed by atoms with E-state index in [0.29, 0.717) is 17.5 Å². The fourth-order valence-corrected chi connectivity index (χ4v) is 8.17. The molecule has 2 heterocycles. The van der Waals surface area contributed by atoms with Crippen molar-refractivity contribution >= 4 is 43.4 Å². The van der Waals surface area contributed by atoms with Gasteiger partial charge in [0.1, 0.15) is 0 Å². The molecule has 0 spiro atoms. The molecule has 0 N–H and O–H groups in total. The molecule has 0 atom stereocenters. The highest BCUT2D eigenvalue weighted by Crippen LogP contribution is 2.38. The molecule has 0 aliphatic carbocycles. The number of benzene rings is 9. The normalized spacial score (nSPS) is 11.5. The second-order valence-electron chi connectivity index (χ2n) is 14.5. The summed E-state index contributed by atoms with van der Waals surface area (Å²) >= 11 is 0. The van der Waals surface area contributed by atoms with Gasteiger partial charge in [0.05, 0.1) is 11.0 Å². The van der Waals surface area contributed by atoms with E-state index in [0.717, 1.165) is 44.3 Å². The second-order valence-corrected chi connectivity index (χ2v) is 14.5. The van der Waals surface area contributed by atoms with Crippen molar-refractivity contribution in [3.8, 4) is 62.1 Å². The Kier molecular flexibility index (Phi) is 7.78. The van der Waals surface area contributed by atoms with E-state index in [1.807, 2.05) is 0 Å². The maximum absolute atomic E-state index is 5.06. The third-order valence-corrected chi connectivity index (χ3v) is 11.0. The van der Waals surface area contributed by atoms with E-state index < -0.39 is 0 Å². The third kappa shape index (κ3) is 5.83. The van der Waals surface area contributed by atoms with Crippen LogP contribution in [0, 0.1) is 0 Å². The largest absolute Gasteiger partial charge is 0.309 e. The van der Waals surface area contributed by atoms with Gasteiger partial charge >= 0.3 is 0 Å². The van der Waals surface area contributed by atoms with Gasteiger partial charge in [-0.2, -0.15) is 0 Å². The lowest BCUT2D eigenvalue weighted by Gasteiger charge is -2.13. The highest BCUT2D eigenvalue weighted by atomic mass is 15.0. The Morgan fingerprint density at radius 3 is 1.40 bits per heavy atom. The van der Waals surface area contributed by atoms with E-state index in [2.05, 4.69) is 211 Å². The lowest BCUT2D eigenvalue weighted by atomic mass is 10.0. The first kappa shape index (κ1) is 32.7. The van der Waals surface area contributed by atoms with Gasteiger partial charge in [-0.1, -0.05) is 176 Å². The molecule has 0 bridgehead atoms. The number of para-hydroxylation sites is 2. The molecule has 0 aliphatic rings. The summed E-state index contributed by atoms with van der Waals surface area (Å²) in [5.41, 5.74) is 11.0. The Hall–Kier alpha value is -7.69. The molecule has 0 aliphatic heterocycles. The molecule has 4 heteroatoms. The molecule has 0 radical (unpaired) electrons. The summed E-state index contributed by atoms with van der Waals surface area (Å²) in [7, 11) is 0. The fourth-order valence-electron chi connectivity index (χ4n) is 8.17. The van der Waals surface area contributed by atoms with Gasteiger partial charge in [-0.15, -0.1) is 0 Å². The zero-order valence-electron chi connectivity index (χ0n) is 30.9. The van der Waals surface area contributed by atoms with Crippen molar-refractivity contribution in [2.75, 3.05) is 0 Å². The van der Waals surface area contributed by atoms with Crippen LogP contribution in [0.3, 0.4) is 0 Å². The lowest BCUT2D eigenvalue weighted by molar-refractivity contribution is 1.08. The van der Waals surface area contributed by atoms with Crippen LogP contribution in [-0.2, 0) is 0 Å². The van der Waals surface area contributed by atoms with E-state index in [4.69, 9.17) is 15.0 Å². The molecule has 9 aromatic carbocycles. The predicted octanol–water partition coefficient (Wildman–Crippen LogP) is 13.6. The molecule has 266 valence electrons. The first-order valence-corrected chi connectivity index (χ1v) is 19.3. The van der Waals surface area contributed by atoms with Gasteiger partial charge in [0.2, 0.25) is 0 Å². The van der Waals surface area contributed by atoms with E-state index in [-0.39, 0.29) is 0 Å². The molecule has 57 heavy (non-hydrogen) atoms. The molecule has 11 aromatic rings. The molecule has 2 aromatic heterocycles. The summed E-state index contributed by atoms with van der Waals surface area (Å²) in [6.07, 6.45) is 0. The molecular formula is C53H34N4. The number of rotatable bonds is 6. The topological polar surface area (TPSA) is 43.6 Å². The first-order valence-electron chi connectivity index (χ1n) is 19.3. The molecular weight excluding hydrogens is 693 g/mol. The lowest BCUT2D eigenvalue weighted by Crippen LogP contribution is -2.00. The maximum Gasteiger partial charge on any atom is 0.164 e. The average molecular weight is 727 g/mol. The minimum Gasteiger partial charge on any atom is -0.309 e. The van der Waals surface area contributed by atoms with Crippen molar-refractivity contribution in [2.45, 2.75) is 0 Å². The standard InChI is InChI=1S/C53H34N4/c1-2-13-39(14-3-1)46-18-10-19-48-47-17-8-9-20-49(47)57(50(46)48)45-31-29-38(30-32-45)37-21-25-40(26-22-37)51-54-52(43-27-23-35-11-4-6-15-41(35)33-43)56-53(55-51)44-28-24-36-12-5-7-16-42(36)34-44/h1-34H. The average Bonchev–Trinajstić information content (AvgIpc) is 3.63. The predicted molar refractivity (Wildman–Crippen MR) is 236 cm³/mol. The van der Waals surface area contributed by atoms with Crippen molar-refractivity contribution in [1.29, 1.82) is 0 Å². The van der Waals surface area contributed by atoms with Crippen LogP contribution in [0.5, 0.6) is 0 Å². The Morgan fingerprint density at radius 1 is 0.298 bits per heavy atom. The Labute approximate surface area is 330 Å². The Balaban J connectivity index is 0.975. The molecule has 0 saturated heterocycles. The Morgan fingerprint density at radius 2 is 0.772 bits per heavy atom. The second kappa shape index (κ2) is 13.6. The number of hydrogen-bond donors (Lipinski definition) is 0. The van der Waals surface area contributed by atoms with Crippen LogP contribution in [0.1, 0.15) is 0 Å². The van der Waals surface area contributed by atoms with E-state index in [1.54, 1.807) is 0 Å². The van der Waals surface area contributed by atoms with Gasteiger partial charge < -0.3 is 4.57 Å². The van der Waals surface area contributed by atoms with E-state index in [9.17, 15) is 0 Å². The molecule has 0 fully saturated rings. The molecule has 0 saturated carbocycles. The number of nitrogens with zero attached hydrogens (tertiary/aromatic N) is 4. The van der Waals surface area contributed by atoms with Crippen LogP contribution < -0.4 is 0 Å². The zero-order valence-corrected chi connectivity index (χ0v) is 30.9. The SMILES string of the molecule is c1ccc(-c2cccc3c4ccccc4n(-c4ccc(-c5ccc(-c6nc(-c7ccc8ccccc8c7)nc(-c7ccc8ccccc8c7)n6)cc5)cc4)c23)cc1. The van der Waals surface area contributed by atoms with Gasteiger partial charge in [0.25, 0.3) is 0 Å². The summed E-state index contributed by atoms with van der Waals surface area (Å²) < 4.78 is 2.40. The Bertz CT molecular complexity index is 3180. The van der Waals surface area contributed by atoms with Gasteiger partial charge in [-0.05, 0) is 68.6 Å². The van der Waals surface area contributed by atoms with Crippen LogP contribution >= 0.6 is 0 Å². The minimum atomic E-state index is 0.638. The van der Waals surface area contributed by atoms with Crippen LogP contribution in [-0.4, -0.2) is 19.5 Å². The van der Waals surface area contributed by atoms with Crippen molar-refractivity contribution < 1.29 is 0 Å². The quantitative estimate of drug-likeness (QED) is 0.171. The van der Waals surface area contributed by atoms with Gasteiger partial charge in [-0.25, -0.2) is 15.0 Å². The van der Waals surface area contributed by atoms with Crippen LogP contribution in [0.2, 0.25) is 0 Å². The van der Waals surface area contributed by atoms with E-state index in [1.165, 1.54) is 43.7 Å². The first-order chi connectivity index (χ1) is 28.2. The van der Waals surface area contributed by atoms with Gasteiger partial charge in [0, 0.05) is 38.7 Å². The molecule has 0 amide bonds. The highest BCUT2D eigenvalue weighted by molar-refractivity contribution is 6.13. The number of fused-ring (bicyclic) bond motifs is 5. The summed E-state index contributed by atoms with van der Waals surface area (Å²) in [6, 6.07) is 73.0. The van der Waals surface area contributed by atoms with Crippen LogP contribution in [0.4, 0.5) is 0 Å². The molecule has 11 rings (SSSR count). The van der Waals surface area contributed by atoms with Crippen LogP contribution in [0.25, 0.3) is 105 Å². The van der Waals surface area contributed by atoms with Crippen molar-refractivity contribution in [2.24, 2.45) is 0 Å². The summed E-state index contributed by atoms with van der Waals surface area (Å²) in [4.78, 5) is 15.2. The molecule has 0 unspecified atom stereocenters. The number of aromatic nitrogens is 4. The molecule has 4 nitrogen and oxygen atoms in total. The smallest absolute Gasteiger partial charge is 0.164 e. The fraction of sp³-hybridized carbons (Fsp3) is 0. The summed E-state index contributed by atoms with van der Waals surface area (Å²) in [5, 5.41) is 7.15. The number of hydrogen-bond acceptors (Lipinski definition) is 3. The summed E-state index contributed by atoms with van der Waals surface area (Å²) in [5.74, 6) is 1.93. The van der Waals surface area contributed by atoms with Gasteiger partial charge in [-0.3, -0.25) is 0 Å². The van der Waals surface area contributed by atoms with Crippen molar-refractivity contribution in [1.82, 2.24) is 19.5 Å². The monoisotopic (exact) mass is 726 g/mol. The van der Waals surface area contributed by atoms with Gasteiger partial charge in [0.15, 0.2) is 17.5 Å². The highest BCUT2D eigenvalue weighted by Gasteiger charge is 2.17.